The van der Waals surface area contributed by atoms with Crippen LogP contribution in [0.25, 0.3) is 10.7 Å². The van der Waals surface area contributed by atoms with E-state index in [-0.39, 0.29) is 11.9 Å². The van der Waals surface area contributed by atoms with Gasteiger partial charge in [-0.1, -0.05) is 11.2 Å². The maximum atomic E-state index is 12.5. The Bertz CT molecular complexity index is 879. The SMILES string of the molecule is Cc1cc(C(=O)N2CCN(C(C)c3nc(-c4cccs4)no3)CC2)n[nH]1. The standard InChI is InChI=1S/C17H20N6O2S/c1-11-10-13(20-19-11)17(24)23-7-5-22(6-8-23)12(2)16-18-15(21-25-16)14-4-3-9-26-14/h3-4,9-10,12H,5-8H2,1-2H3,(H,19,20). The number of aryl methyl sites for hydroxylation is 1. The van der Waals surface area contributed by atoms with Gasteiger partial charge in [0.1, 0.15) is 5.69 Å². The molecule has 0 spiro atoms. The highest BCUT2D eigenvalue weighted by Gasteiger charge is 2.29. The smallest absolute Gasteiger partial charge is 0.274 e. The Morgan fingerprint density at radius 1 is 1.35 bits per heavy atom. The van der Waals surface area contributed by atoms with Crippen LogP contribution in [0.1, 0.15) is 35.0 Å². The van der Waals surface area contributed by atoms with Crippen molar-refractivity contribution in [1.29, 1.82) is 0 Å². The molecule has 1 fully saturated rings. The molecule has 0 bridgehead atoms. The molecule has 9 heteroatoms. The zero-order valence-electron chi connectivity index (χ0n) is 14.7. The molecule has 1 N–H and O–H groups in total. The molecule has 26 heavy (non-hydrogen) atoms. The van der Waals surface area contributed by atoms with Crippen molar-refractivity contribution in [2.24, 2.45) is 0 Å². The lowest BCUT2D eigenvalue weighted by Gasteiger charge is -2.36. The van der Waals surface area contributed by atoms with Gasteiger partial charge >= 0.3 is 0 Å². The average molecular weight is 372 g/mol. The van der Waals surface area contributed by atoms with Crippen LogP contribution in [0.4, 0.5) is 0 Å². The van der Waals surface area contributed by atoms with E-state index < -0.39 is 0 Å². The Hall–Kier alpha value is -2.52. The molecule has 0 aromatic carbocycles. The van der Waals surface area contributed by atoms with Crippen LogP contribution in [0.3, 0.4) is 0 Å². The van der Waals surface area contributed by atoms with Crippen LogP contribution in [0.5, 0.6) is 0 Å². The summed E-state index contributed by atoms with van der Waals surface area (Å²) in [7, 11) is 0. The molecule has 1 aliphatic heterocycles. The molecule has 4 heterocycles. The number of carbonyl (C=O) groups is 1. The summed E-state index contributed by atoms with van der Waals surface area (Å²) in [6, 6.07) is 5.74. The maximum absolute atomic E-state index is 12.5. The summed E-state index contributed by atoms with van der Waals surface area (Å²) in [4.78, 5) is 22.1. The number of hydrogen-bond acceptors (Lipinski definition) is 7. The molecule has 1 aliphatic rings. The molecule has 8 nitrogen and oxygen atoms in total. The van der Waals surface area contributed by atoms with E-state index in [0.717, 1.165) is 23.7 Å². The van der Waals surface area contributed by atoms with Crippen LogP contribution in [0, 0.1) is 6.92 Å². The van der Waals surface area contributed by atoms with Crippen molar-refractivity contribution in [3.63, 3.8) is 0 Å². The summed E-state index contributed by atoms with van der Waals surface area (Å²) in [6.07, 6.45) is 0. The normalized spacial score (nSPS) is 16.8. The number of aromatic nitrogens is 4. The zero-order valence-corrected chi connectivity index (χ0v) is 15.5. The Labute approximate surface area is 154 Å². The van der Waals surface area contributed by atoms with Gasteiger partial charge in [-0.15, -0.1) is 11.3 Å². The van der Waals surface area contributed by atoms with E-state index in [1.165, 1.54) is 0 Å². The number of hydrogen-bond donors (Lipinski definition) is 1. The lowest BCUT2D eigenvalue weighted by atomic mass is 10.2. The second-order valence-electron chi connectivity index (χ2n) is 6.37. The van der Waals surface area contributed by atoms with Crippen LogP contribution in [0.15, 0.2) is 28.1 Å². The third kappa shape index (κ3) is 3.27. The maximum Gasteiger partial charge on any atom is 0.274 e. The largest absolute Gasteiger partial charge is 0.337 e. The Morgan fingerprint density at radius 3 is 2.81 bits per heavy atom. The van der Waals surface area contributed by atoms with Crippen molar-refractivity contribution in [3.8, 4) is 10.7 Å². The zero-order chi connectivity index (χ0) is 18.1. The number of piperazine rings is 1. The van der Waals surface area contributed by atoms with Crippen molar-refractivity contribution in [2.45, 2.75) is 19.9 Å². The summed E-state index contributed by atoms with van der Waals surface area (Å²) >= 11 is 1.59. The second-order valence-corrected chi connectivity index (χ2v) is 7.32. The van der Waals surface area contributed by atoms with Crippen LogP contribution in [-0.4, -0.2) is 62.2 Å². The van der Waals surface area contributed by atoms with Crippen molar-refractivity contribution in [2.75, 3.05) is 26.2 Å². The first-order valence-corrected chi connectivity index (χ1v) is 9.42. The summed E-state index contributed by atoms with van der Waals surface area (Å²) in [5.74, 6) is 1.21. The minimum absolute atomic E-state index is 0.0149. The minimum atomic E-state index is -0.0283. The highest BCUT2D eigenvalue weighted by atomic mass is 32.1. The number of aromatic amines is 1. The van der Waals surface area contributed by atoms with E-state index in [4.69, 9.17) is 4.52 Å². The number of nitrogens with zero attached hydrogens (tertiary/aromatic N) is 5. The van der Waals surface area contributed by atoms with Crippen molar-refractivity contribution in [3.05, 3.63) is 40.9 Å². The van der Waals surface area contributed by atoms with E-state index in [9.17, 15) is 4.79 Å². The van der Waals surface area contributed by atoms with E-state index >= 15 is 0 Å². The molecule has 3 aromatic heterocycles. The summed E-state index contributed by atoms with van der Waals surface area (Å²) in [5.41, 5.74) is 1.36. The minimum Gasteiger partial charge on any atom is -0.337 e. The van der Waals surface area contributed by atoms with Crippen molar-refractivity contribution < 1.29 is 9.32 Å². The molecule has 1 atom stereocenters. The van der Waals surface area contributed by atoms with Crippen molar-refractivity contribution in [1.82, 2.24) is 30.1 Å². The third-order valence-electron chi connectivity index (χ3n) is 4.61. The first-order valence-electron chi connectivity index (χ1n) is 8.54. The van der Waals surface area contributed by atoms with Gasteiger partial charge in [-0.05, 0) is 31.4 Å². The Kier molecular flexibility index (Phi) is 4.56. The summed E-state index contributed by atoms with van der Waals surface area (Å²) < 4.78 is 5.46. The van der Waals surface area contributed by atoms with Gasteiger partial charge in [0.25, 0.3) is 5.91 Å². The molecule has 3 aromatic rings. The summed E-state index contributed by atoms with van der Waals surface area (Å²) in [5, 5.41) is 12.9. The van der Waals surface area contributed by atoms with E-state index in [1.807, 2.05) is 29.3 Å². The van der Waals surface area contributed by atoms with Gasteiger partial charge < -0.3 is 9.42 Å². The predicted molar refractivity (Wildman–Crippen MR) is 96.8 cm³/mol. The molecule has 1 amide bonds. The number of H-pyrrole nitrogens is 1. The molecule has 0 radical (unpaired) electrons. The van der Waals surface area contributed by atoms with Gasteiger partial charge in [0, 0.05) is 31.9 Å². The van der Waals surface area contributed by atoms with Gasteiger partial charge in [0.05, 0.1) is 10.9 Å². The van der Waals surface area contributed by atoms with Gasteiger partial charge in [-0.2, -0.15) is 10.1 Å². The highest BCUT2D eigenvalue weighted by Crippen LogP contribution is 2.26. The molecule has 1 unspecified atom stereocenters. The monoisotopic (exact) mass is 372 g/mol. The van der Waals surface area contributed by atoms with Crippen LogP contribution in [-0.2, 0) is 0 Å². The number of nitrogens with one attached hydrogen (secondary N) is 1. The Balaban J connectivity index is 1.38. The third-order valence-corrected chi connectivity index (χ3v) is 5.48. The second kappa shape index (κ2) is 7.00. The number of thiophene rings is 1. The lowest BCUT2D eigenvalue weighted by Crippen LogP contribution is -2.49. The van der Waals surface area contributed by atoms with E-state index in [0.29, 0.717) is 30.5 Å². The van der Waals surface area contributed by atoms with Crippen LogP contribution in [0.2, 0.25) is 0 Å². The fraction of sp³-hybridized carbons (Fsp3) is 0.412. The number of carbonyl (C=O) groups excluding carboxylic acids is 1. The highest BCUT2D eigenvalue weighted by molar-refractivity contribution is 7.13. The fourth-order valence-electron chi connectivity index (χ4n) is 3.07. The lowest BCUT2D eigenvalue weighted by molar-refractivity contribution is 0.0546. The number of amides is 1. The number of rotatable bonds is 4. The topological polar surface area (TPSA) is 91.2 Å². The summed E-state index contributed by atoms with van der Waals surface area (Å²) in [6.45, 7) is 6.76. The first-order chi connectivity index (χ1) is 12.6. The fourth-order valence-corrected chi connectivity index (χ4v) is 3.72. The van der Waals surface area contributed by atoms with Gasteiger partial charge in [-0.3, -0.25) is 14.8 Å². The average Bonchev–Trinajstić information content (AvgIpc) is 3.41. The molecule has 0 saturated carbocycles. The predicted octanol–water partition coefficient (Wildman–Crippen LogP) is 2.35. The first kappa shape index (κ1) is 16.9. The molecular weight excluding hydrogens is 352 g/mol. The van der Waals surface area contributed by atoms with E-state index in [1.54, 1.807) is 17.4 Å². The molecule has 0 aliphatic carbocycles. The molecule has 4 rings (SSSR count). The van der Waals surface area contributed by atoms with E-state index in [2.05, 4.69) is 32.2 Å². The molecule has 1 saturated heterocycles. The Morgan fingerprint density at radius 2 is 2.15 bits per heavy atom. The molecular formula is C17H20N6O2S. The quantitative estimate of drug-likeness (QED) is 0.756. The van der Waals surface area contributed by atoms with Crippen LogP contribution >= 0.6 is 11.3 Å². The van der Waals surface area contributed by atoms with Gasteiger partial charge in [0.2, 0.25) is 11.7 Å². The van der Waals surface area contributed by atoms with Gasteiger partial charge in [0.15, 0.2) is 0 Å². The molecule has 136 valence electrons. The van der Waals surface area contributed by atoms with Gasteiger partial charge in [-0.25, -0.2) is 0 Å². The van der Waals surface area contributed by atoms with Crippen LogP contribution < -0.4 is 0 Å². The van der Waals surface area contributed by atoms with Crippen molar-refractivity contribution >= 4 is 17.2 Å².